The van der Waals surface area contributed by atoms with E-state index in [1.807, 2.05) is 0 Å². The monoisotopic (exact) mass is 272 g/mol. The number of amidine groups is 1. The molecule has 0 aliphatic heterocycles. The lowest BCUT2D eigenvalue weighted by molar-refractivity contribution is -0.385. The van der Waals surface area contributed by atoms with Crippen molar-refractivity contribution in [3.63, 3.8) is 0 Å². The van der Waals surface area contributed by atoms with Crippen LogP contribution < -0.4 is 10.5 Å². The van der Waals surface area contributed by atoms with Crippen LogP contribution in [0.4, 0.5) is 5.69 Å². The van der Waals surface area contributed by atoms with E-state index in [4.69, 9.17) is 15.9 Å². The molecule has 0 radical (unpaired) electrons. The summed E-state index contributed by atoms with van der Waals surface area (Å²) in [7, 11) is 0. The van der Waals surface area contributed by atoms with Crippen LogP contribution in [0.2, 0.25) is 0 Å². The summed E-state index contributed by atoms with van der Waals surface area (Å²) in [5, 5.41) is 18.3. The summed E-state index contributed by atoms with van der Waals surface area (Å²) in [5.41, 5.74) is 6.21. The standard InChI is InChI=1S/C13H12N4O3/c14-13(15)12-9(4-3-7-16-12)8-20-11-6-2-1-5-10(11)17(18)19/h1-7H,8H2,(H3,14,15). The summed E-state index contributed by atoms with van der Waals surface area (Å²) in [6, 6.07) is 9.49. The SMILES string of the molecule is N=C(N)c1ncccc1COc1ccccc1[N+](=O)[O-]. The van der Waals surface area contributed by atoms with Gasteiger partial charge in [0.15, 0.2) is 5.75 Å². The number of rotatable bonds is 5. The Balaban J connectivity index is 2.22. The molecule has 1 heterocycles. The van der Waals surface area contributed by atoms with Gasteiger partial charge >= 0.3 is 5.69 Å². The number of nitrogens with one attached hydrogen (secondary N) is 1. The first-order valence-corrected chi connectivity index (χ1v) is 5.74. The molecule has 102 valence electrons. The molecular formula is C13H12N4O3. The van der Waals surface area contributed by atoms with Crippen molar-refractivity contribution >= 4 is 11.5 Å². The Morgan fingerprint density at radius 1 is 1.35 bits per heavy atom. The van der Waals surface area contributed by atoms with Gasteiger partial charge in [-0.25, -0.2) is 0 Å². The van der Waals surface area contributed by atoms with E-state index in [0.717, 1.165) is 0 Å². The van der Waals surface area contributed by atoms with Crippen molar-refractivity contribution < 1.29 is 9.66 Å². The molecule has 2 rings (SSSR count). The average Bonchev–Trinajstić information content (AvgIpc) is 2.45. The number of pyridine rings is 1. The molecule has 2 aromatic rings. The highest BCUT2D eigenvalue weighted by atomic mass is 16.6. The number of aromatic nitrogens is 1. The fourth-order valence-electron chi connectivity index (χ4n) is 1.68. The van der Waals surface area contributed by atoms with E-state index in [1.54, 1.807) is 24.3 Å². The van der Waals surface area contributed by atoms with E-state index >= 15 is 0 Å². The van der Waals surface area contributed by atoms with Crippen LogP contribution in [-0.4, -0.2) is 15.7 Å². The van der Waals surface area contributed by atoms with Gasteiger partial charge in [-0.2, -0.15) is 0 Å². The zero-order valence-corrected chi connectivity index (χ0v) is 10.4. The van der Waals surface area contributed by atoms with Gasteiger partial charge in [0.1, 0.15) is 18.1 Å². The van der Waals surface area contributed by atoms with Gasteiger partial charge in [0.2, 0.25) is 0 Å². The highest BCUT2D eigenvalue weighted by Crippen LogP contribution is 2.26. The molecule has 1 aromatic heterocycles. The molecule has 0 spiro atoms. The van der Waals surface area contributed by atoms with Crippen LogP contribution in [0.15, 0.2) is 42.6 Å². The normalized spacial score (nSPS) is 10.0. The maximum absolute atomic E-state index is 10.9. The lowest BCUT2D eigenvalue weighted by Gasteiger charge is -2.09. The van der Waals surface area contributed by atoms with Gasteiger partial charge in [0, 0.05) is 17.8 Å². The number of nitro groups is 1. The Hall–Kier alpha value is -2.96. The van der Waals surface area contributed by atoms with Gasteiger partial charge < -0.3 is 10.5 Å². The molecule has 20 heavy (non-hydrogen) atoms. The van der Waals surface area contributed by atoms with E-state index in [9.17, 15) is 10.1 Å². The van der Waals surface area contributed by atoms with Crippen LogP contribution in [0.3, 0.4) is 0 Å². The van der Waals surface area contributed by atoms with Crippen molar-refractivity contribution in [2.24, 2.45) is 5.73 Å². The Morgan fingerprint density at radius 2 is 2.10 bits per heavy atom. The van der Waals surface area contributed by atoms with Crippen LogP contribution in [0, 0.1) is 15.5 Å². The van der Waals surface area contributed by atoms with Gasteiger partial charge in [-0.3, -0.25) is 20.5 Å². The molecule has 0 saturated carbocycles. The summed E-state index contributed by atoms with van der Waals surface area (Å²) < 4.78 is 5.44. The van der Waals surface area contributed by atoms with Crippen LogP contribution in [0.1, 0.15) is 11.3 Å². The highest BCUT2D eigenvalue weighted by molar-refractivity contribution is 5.94. The summed E-state index contributed by atoms with van der Waals surface area (Å²) in [6.07, 6.45) is 1.52. The van der Waals surface area contributed by atoms with Crippen LogP contribution in [0.25, 0.3) is 0 Å². The number of hydrogen-bond acceptors (Lipinski definition) is 5. The van der Waals surface area contributed by atoms with Gasteiger partial charge in [-0.1, -0.05) is 18.2 Å². The molecule has 0 amide bonds. The van der Waals surface area contributed by atoms with E-state index < -0.39 is 4.92 Å². The molecule has 0 bridgehead atoms. The number of nitrogen functional groups attached to an aromatic ring is 1. The summed E-state index contributed by atoms with van der Waals surface area (Å²) in [4.78, 5) is 14.3. The number of nitro benzene ring substituents is 1. The number of hydrogen-bond donors (Lipinski definition) is 2. The van der Waals surface area contributed by atoms with E-state index in [-0.39, 0.29) is 23.9 Å². The second-order valence-electron chi connectivity index (χ2n) is 3.94. The van der Waals surface area contributed by atoms with Gasteiger partial charge in [-0.05, 0) is 12.1 Å². The third-order valence-electron chi connectivity index (χ3n) is 2.59. The first-order chi connectivity index (χ1) is 9.59. The van der Waals surface area contributed by atoms with E-state index in [2.05, 4.69) is 4.98 Å². The van der Waals surface area contributed by atoms with Crippen LogP contribution in [0.5, 0.6) is 5.75 Å². The number of benzene rings is 1. The predicted molar refractivity (Wildman–Crippen MR) is 72.7 cm³/mol. The molecule has 7 heteroatoms. The van der Waals surface area contributed by atoms with Crippen LogP contribution >= 0.6 is 0 Å². The predicted octanol–water partition coefficient (Wildman–Crippen LogP) is 1.85. The van der Waals surface area contributed by atoms with Crippen molar-refractivity contribution in [3.05, 3.63) is 64.0 Å². The van der Waals surface area contributed by atoms with Gasteiger partial charge in [0.25, 0.3) is 0 Å². The topological polar surface area (TPSA) is 115 Å². The molecule has 3 N–H and O–H groups in total. The van der Waals surface area contributed by atoms with Crippen molar-refractivity contribution in [1.29, 1.82) is 5.41 Å². The molecule has 7 nitrogen and oxygen atoms in total. The fourth-order valence-corrected chi connectivity index (χ4v) is 1.68. The van der Waals surface area contributed by atoms with Crippen LogP contribution in [-0.2, 0) is 6.61 Å². The van der Waals surface area contributed by atoms with Gasteiger partial charge in [-0.15, -0.1) is 0 Å². The molecule has 0 saturated heterocycles. The first-order valence-electron chi connectivity index (χ1n) is 5.74. The molecular weight excluding hydrogens is 260 g/mol. The zero-order valence-electron chi connectivity index (χ0n) is 10.4. The quantitative estimate of drug-likeness (QED) is 0.373. The Kier molecular flexibility index (Phi) is 3.90. The lowest BCUT2D eigenvalue weighted by Crippen LogP contribution is -2.16. The first kappa shape index (κ1) is 13.5. The summed E-state index contributed by atoms with van der Waals surface area (Å²) >= 11 is 0. The molecule has 0 aliphatic rings. The van der Waals surface area contributed by atoms with Crippen molar-refractivity contribution in [2.45, 2.75) is 6.61 Å². The molecule has 1 aromatic carbocycles. The van der Waals surface area contributed by atoms with E-state index in [1.165, 1.54) is 18.3 Å². The number of ether oxygens (including phenoxy) is 1. The minimum absolute atomic E-state index is 0.0492. The zero-order chi connectivity index (χ0) is 14.5. The van der Waals surface area contributed by atoms with Crippen molar-refractivity contribution in [1.82, 2.24) is 4.98 Å². The maximum atomic E-state index is 10.9. The largest absolute Gasteiger partial charge is 0.482 e. The second kappa shape index (κ2) is 5.79. The second-order valence-corrected chi connectivity index (χ2v) is 3.94. The molecule has 0 atom stereocenters. The highest BCUT2D eigenvalue weighted by Gasteiger charge is 2.14. The van der Waals surface area contributed by atoms with E-state index in [0.29, 0.717) is 11.3 Å². The van der Waals surface area contributed by atoms with Crippen molar-refractivity contribution in [3.8, 4) is 5.75 Å². The Morgan fingerprint density at radius 3 is 2.80 bits per heavy atom. The number of nitrogens with two attached hydrogens (primary N) is 1. The molecule has 0 aliphatic carbocycles. The lowest BCUT2D eigenvalue weighted by atomic mass is 10.2. The van der Waals surface area contributed by atoms with Crippen molar-refractivity contribution in [2.75, 3.05) is 0 Å². The maximum Gasteiger partial charge on any atom is 0.310 e. The summed E-state index contributed by atoms with van der Waals surface area (Å²) in [5.74, 6) is -0.0115. The third kappa shape index (κ3) is 2.89. The number of para-hydroxylation sites is 2. The molecule has 0 unspecified atom stereocenters. The Labute approximate surface area is 114 Å². The smallest absolute Gasteiger partial charge is 0.310 e. The minimum Gasteiger partial charge on any atom is -0.482 e. The van der Waals surface area contributed by atoms with Gasteiger partial charge in [0.05, 0.1) is 4.92 Å². The minimum atomic E-state index is -0.509. The fraction of sp³-hybridized carbons (Fsp3) is 0.0769. The molecule has 0 fully saturated rings. The average molecular weight is 272 g/mol. The third-order valence-corrected chi connectivity index (χ3v) is 2.59. The number of nitrogens with zero attached hydrogens (tertiary/aromatic N) is 2. The Bertz CT molecular complexity index is 600. The summed E-state index contributed by atoms with van der Waals surface area (Å²) in [6.45, 7) is 0.0492.